The summed E-state index contributed by atoms with van der Waals surface area (Å²) in [5.74, 6) is -3.72. The minimum Gasteiger partial charge on any atom is -0.480 e. The number of rotatable bonds is 8. The molecule has 1 atom stereocenters. The Morgan fingerprint density at radius 1 is 1.00 bits per heavy atom. The highest BCUT2D eigenvalue weighted by Gasteiger charge is 2.15. The van der Waals surface area contributed by atoms with Crippen molar-refractivity contribution in [3.63, 3.8) is 0 Å². The van der Waals surface area contributed by atoms with E-state index in [9.17, 15) is 19.2 Å². The number of carbonyl (C=O) groups excluding carboxylic acids is 2. The Morgan fingerprint density at radius 3 is 2.00 bits per heavy atom. The number of carbonyl (C=O) groups is 4. The van der Waals surface area contributed by atoms with Crippen LogP contribution < -0.4 is 10.6 Å². The normalized spacial score (nSPS) is 11.4. The Balaban J connectivity index is 3.84. The van der Waals surface area contributed by atoms with E-state index < -0.39 is 42.8 Å². The summed E-state index contributed by atoms with van der Waals surface area (Å²) in [4.78, 5) is 42.8. The maximum Gasteiger partial charge on any atom is 0.322 e. The summed E-state index contributed by atoms with van der Waals surface area (Å²) >= 11 is 0. The molecule has 0 radical (unpaired) electrons. The predicted octanol–water partition coefficient (Wildman–Crippen LogP) is -1.20. The van der Waals surface area contributed by atoms with Crippen LogP contribution in [0.1, 0.15) is 19.8 Å². The average molecular weight is 260 g/mol. The first-order valence-electron chi connectivity index (χ1n) is 5.31. The van der Waals surface area contributed by atoms with Crippen LogP contribution in [-0.2, 0) is 19.2 Å². The Labute approximate surface area is 103 Å². The summed E-state index contributed by atoms with van der Waals surface area (Å²) in [7, 11) is 0. The van der Waals surface area contributed by atoms with Gasteiger partial charge in [-0.1, -0.05) is 6.92 Å². The third-order valence-corrected chi connectivity index (χ3v) is 2.10. The van der Waals surface area contributed by atoms with Crippen LogP contribution in [0.25, 0.3) is 0 Å². The molecule has 8 nitrogen and oxygen atoms in total. The van der Waals surface area contributed by atoms with Crippen molar-refractivity contribution in [2.75, 3.05) is 13.1 Å². The Kier molecular flexibility index (Phi) is 7.10. The summed E-state index contributed by atoms with van der Waals surface area (Å²) in [6.07, 6.45) is 0.228. The van der Waals surface area contributed by atoms with Crippen molar-refractivity contribution >= 4 is 23.8 Å². The maximum atomic E-state index is 11.3. The Morgan fingerprint density at radius 2 is 1.50 bits per heavy atom. The number of aliphatic carboxylic acids is 2. The van der Waals surface area contributed by atoms with Crippen LogP contribution in [0.2, 0.25) is 0 Å². The highest BCUT2D eigenvalue weighted by molar-refractivity contribution is 5.84. The SMILES string of the molecule is CC(CCC(=O)NCC(=O)O)C(=O)NCC(=O)O. The van der Waals surface area contributed by atoms with Crippen LogP contribution in [0.3, 0.4) is 0 Å². The number of carboxylic acids is 2. The molecule has 2 amide bonds. The first-order chi connectivity index (χ1) is 8.32. The van der Waals surface area contributed by atoms with E-state index >= 15 is 0 Å². The van der Waals surface area contributed by atoms with E-state index in [0.717, 1.165) is 0 Å². The standard InChI is InChI=1S/C10H16N2O6/c1-6(10(18)12-5-9(16)17)2-3-7(13)11-4-8(14)15/h6H,2-5H2,1H3,(H,11,13)(H,12,18)(H,14,15)(H,16,17). The number of carboxylic acid groups (broad SMARTS) is 2. The zero-order valence-corrected chi connectivity index (χ0v) is 9.93. The summed E-state index contributed by atoms with van der Waals surface area (Å²) in [5.41, 5.74) is 0. The summed E-state index contributed by atoms with van der Waals surface area (Å²) in [6, 6.07) is 0. The predicted molar refractivity (Wildman–Crippen MR) is 59.7 cm³/mol. The third-order valence-electron chi connectivity index (χ3n) is 2.10. The van der Waals surface area contributed by atoms with Crippen LogP contribution in [0.15, 0.2) is 0 Å². The number of hydrogen-bond acceptors (Lipinski definition) is 4. The molecule has 0 rings (SSSR count). The van der Waals surface area contributed by atoms with E-state index in [1.165, 1.54) is 0 Å². The van der Waals surface area contributed by atoms with Gasteiger partial charge in [-0.05, 0) is 6.42 Å². The molecule has 0 spiro atoms. The number of nitrogens with one attached hydrogen (secondary N) is 2. The molecule has 0 bridgehead atoms. The molecule has 0 aliphatic rings. The van der Waals surface area contributed by atoms with Gasteiger partial charge >= 0.3 is 11.9 Å². The van der Waals surface area contributed by atoms with E-state index in [1.54, 1.807) is 6.92 Å². The van der Waals surface area contributed by atoms with E-state index in [0.29, 0.717) is 0 Å². The van der Waals surface area contributed by atoms with Gasteiger partial charge in [0, 0.05) is 12.3 Å². The Bertz CT molecular complexity index is 341. The first kappa shape index (κ1) is 15.9. The quantitative estimate of drug-likeness (QED) is 0.433. The van der Waals surface area contributed by atoms with Crippen LogP contribution >= 0.6 is 0 Å². The zero-order valence-electron chi connectivity index (χ0n) is 9.93. The van der Waals surface area contributed by atoms with Crippen molar-refractivity contribution in [2.45, 2.75) is 19.8 Å². The fourth-order valence-corrected chi connectivity index (χ4v) is 1.08. The van der Waals surface area contributed by atoms with Crippen molar-refractivity contribution < 1.29 is 29.4 Å². The Hall–Kier alpha value is -2.12. The van der Waals surface area contributed by atoms with Gasteiger partial charge < -0.3 is 20.8 Å². The molecule has 4 N–H and O–H groups in total. The molecule has 0 saturated heterocycles. The van der Waals surface area contributed by atoms with E-state index in [2.05, 4.69) is 10.6 Å². The largest absolute Gasteiger partial charge is 0.480 e. The zero-order chi connectivity index (χ0) is 14.1. The molecule has 0 saturated carbocycles. The van der Waals surface area contributed by atoms with Gasteiger partial charge in [0.1, 0.15) is 13.1 Å². The van der Waals surface area contributed by atoms with Gasteiger partial charge in [-0.3, -0.25) is 19.2 Å². The van der Waals surface area contributed by atoms with Gasteiger partial charge in [-0.2, -0.15) is 0 Å². The van der Waals surface area contributed by atoms with Gasteiger partial charge in [-0.15, -0.1) is 0 Å². The monoisotopic (exact) mass is 260 g/mol. The first-order valence-corrected chi connectivity index (χ1v) is 5.31. The molecule has 0 aromatic carbocycles. The number of amides is 2. The molecule has 8 heteroatoms. The topological polar surface area (TPSA) is 133 Å². The van der Waals surface area contributed by atoms with E-state index in [1.807, 2.05) is 0 Å². The van der Waals surface area contributed by atoms with Crippen molar-refractivity contribution in [2.24, 2.45) is 5.92 Å². The molecule has 18 heavy (non-hydrogen) atoms. The molecule has 0 fully saturated rings. The molecular weight excluding hydrogens is 244 g/mol. The van der Waals surface area contributed by atoms with Crippen LogP contribution in [-0.4, -0.2) is 47.1 Å². The lowest BCUT2D eigenvalue weighted by atomic mass is 10.0. The second-order valence-electron chi connectivity index (χ2n) is 3.72. The summed E-state index contributed by atoms with van der Waals surface area (Å²) in [6.45, 7) is 0.633. The molecular formula is C10H16N2O6. The molecule has 0 aromatic rings. The van der Waals surface area contributed by atoms with Crippen LogP contribution in [0.5, 0.6) is 0 Å². The maximum absolute atomic E-state index is 11.3. The van der Waals surface area contributed by atoms with Gasteiger partial charge in [0.2, 0.25) is 11.8 Å². The van der Waals surface area contributed by atoms with Crippen LogP contribution in [0.4, 0.5) is 0 Å². The number of hydrogen-bond donors (Lipinski definition) is 4. The highest BCUT2D eigenvalue weighted by Crippen LogP contribution is 2.05. The second-order valence-corrected chi connectivity index (χ2v) is 3.72. The van der Waals surface area contributed by atoms with Crippen LogP contribution in [0, 0.1) is 5.92 Å². The lowest BCUT2D eigenvalue weighted by Crippen LogP contribution is -2.34. The van der Waals surface area contributed by atoms with Gasteiger partial charge in [-0.25, -0.2) is 0 Å². The highest BCUT2D eigenvalue weighted by atomic mass is 16.4. The molecule has 0 aromatic heterocycles. The molecule has 0 aliphatic carbocycles. The summed E-state index contributed by atoms with van der Waals surface area (Å²) < 4.78 is 0. The minimum atomic E-state index is -1.14. The average Bonchev–Trinajstić information content (AvgIpc) is 2.30. The smallest absolute Gasteiger partial charge is 0.322 e. The van der Waals surface area contributed by atoms with Gasteiger partial charge in [0.15, 0.2) is 0 Å². The van der Waals surface area contributed by atoms with Crippen molar-refractivity contribution in [1.82, 2.24) is 10.6 Å². The molecule has 102 valence electrons. The molecule has 1 unspecified atom stereocenters. The van der Waals surface area contributed by atoms with Crippen molar-refractivity contribution in [3.8, 4) is 0 Å². The fraction of sp³-hybridized carbons (Fsp3) is 0.600. The van der Waals surface area contributed by atoms with E-state index in [-0.39, 0.29) is 12.8 Å². The second kappa shape index (κ2) is 8.04. The van der Waals surface area contributed by atoms with Crippen molar-refractivity contribution in [3.05, 3.63) is 0 Å². The molecule has 0 heterocycles. The third kappa shape index (κ3) is 8.08. The lowest BCUT2D eigenvalue weighted by Gasteiger charge is -2.10. The molecule has 0 aliphatic heterocycles. The lowest BCUT2D eigenvalue weighted by molar-refractivity contribution is -0.138. The van der Waals surface area contributed by atoms with Crippen molar-refractivity contribution in [1.29, 1.82) is 0 Å². The fourth-order valence-electron chi connectivity index (χ4n) is 1.08. The van der Waals surface area contributed by atoms with Gasteiger partial charge in [0.25, 0.3) is 0 Å². The summed E-state index contributed by atoms with van der Waals surface area (Å²) in [5, 5.41) is 21.0. The minimum absolute atomic E-state index is 0.00887. The van der Waals surface area contributed by atoms with E-state index in [4.69, 9.17) is 10.2 Å². The van der Waals surface area contributed by atoms with Gasteiger partial charge in [0.05, 0.1) is 0 Å².